The minimum Gasteiger partial charge on any atom is -0.505 e. The van der Waals surface area contributed by atoms with E-state index in [2.05, 4.69) is 10.2 Å². The van der Waals surface area contributed by atoms with Crippen LogP contribution in [0.5, 0.6) is 11.5 Å². The summed E-state index contributed by atoms with van der Waals surface area (Å²) in [6.45, 7) is 4.32. The van der Waals surface area contributed by atoms with E-state index in [0.29, 0.717) is 22.3 Å². The van der Waals surface area contributed by atoms with Crippen molar-refractivity contribution in [1.29, 1.82) is 0 Å². The standard InChI is InChI=1S/C20H25N3O3/c1-20(2)11-10-15-18(25)17(22-21-16(24)12-23(3,4)5)13-8-6-7-9-14(13)19(15)26-20/h6-9H,10-12H2,1-5H3/p+1. The average molecular weight is 356 g/mol. The summed E-state index contributed by atoms with van der Waals surface area (Å²) < 4.78 is 6.63. The molecule has 6 heteroatoms. The Morgan fingerprint density at radius 1 is 1.23 bits per heavy atom. The Kier molecular flexibility index (Phi) is 4.48. The van der Waals surface area contributed by atoms with Gasteiger partial charge >= 0.3 is 5.91 Å². The smallest absolute Gasteiger partial charge is 0.319 e. The number of carbonyl (C=O) groups is 1. The molecule has 0 radical (unpaired) electrons. The van der Waals surface area contributed by atoms with E-state index in [9.17, 15) is 9.90 Å². The van der Waals surface area contributed by atoms with Gasteiger partial charge < -0.3 is 14.3 Å². The predicted octanol–water partition coefficient (Wildman–Crippen LogP) is 3.97. The third kappa shape index (κ3) is 3.70. The Morgan fingerprint density at radius 3 is 2.54 bits per heavy atom. The SMILES string of the molecule is CC1(C)CCc2c(O)c(N=NC(=O)C[N+](C)(C)C)c3ccccc3c2O1. The number of nitrogens with zero attached hydrogens (tertiary/aromatic N) is 3. The number of phenols is 1. The highest BCUT2D eigenvalue weighted by molar-refractivity contribution is 6.01. The summed E-state index contributed by atoms with van der Waals surface area (Å²) in [6.07, 6.45) is 1.48. The van der Waals surface area contributed by atoms with Crippen LogP contribution in [0.1, 0.15) is 25.8 Å². The number of ether oxygens (including phenoxy) is 1. The Bertz CT molecular complexity index is 895. The van der Waals surface area contributed by atoms with Crippen LogP contribution in [0.3, 0.4) is 0 Å². The number of phenolic OH excluding ortho intramolecular Hbond substituents is 1. The summed E-state index contributed by atoms with van der Waals surface area (Å²) in [5.41, 5.74) is 0.777. The molecule has 1 heterocycles. The van der Waals surface area contributed by atoms with Crippen molar-refractivity contribution >= 4 is 22.4 Å². The highest BCUT2D eigenvalue weighted by Gasteiger charge is 2.31. The van der Waals surface area contributed by atoms with Gasteiger partial charge in [-0.3, -0.25) is 4.79 Å². The Hall–Kier alpha value is -2.47. The van der Waals surface area contributed by atoms with Crippen LogP contribution in [-0.4, -0.2) is 48.8 Å². The van der Waals surface area contributed by atoms with E-state index in [1.54, 1.807) is 0 Å². The zero-order chi connectivity index (χ0) is 19.1. The van der Waals surface area contributed by atoms with Gasteiger partial charge in [-0.1, -0.05) is 24.3 Å². The zero-order valence-electron chi connectivity index (χ0n) is 16.0. The molecule has 1 aliphatic heterocycles. The van der Waals surface area contributed by atoms with Crippen molar-refractivity contribution in [2.24, 2.45) is 10.2 Å². The van der Waals surface area contributed by atoms with Crippen molar-refractivity contribution in [3.63, 3.8) is 0 Å². The third-order valence-corrected chi connectivity index (χ3v) is 4.44. The molecule has 0 saturated carbocycles. The lowest BCUT2D eigenvalue weighted by atomic mass is 9.90. The van der Waals surface area contributed by atoms with Crippen LogP contribution >= 0.6 is 0 Å². The number of carbonyl (C=O) groups excluding carboxylic acids is 1. The summed E-state index contributed by atoms with van der Waals surface area (Å²) >= 11 is 0. The van der Waals surface area contributed by atoms with Gasteiger partial charge in [0.25, 0.3) is 0 Å². The number of fused-ring (bicyclic) bond motifs is 3. The van der Waals surface area contributed by atoms with E-state index >= 15 is 0 Å². The first kappa shape index (κ1) is 18.3. The molecule has 0 bridgehead atoms. The lowest BCUT2D eigenvalue weighted by Crippen LogP contribution is -2.38. The molecule has 0 saturated heterocycles. The molecule has 3 rings (SSSR count). The largest absolute Gasteiger partial charge is 0.505 e. The summed E-state index contributed by atoms with van der Waals surface area (Å²) in [6, 6.07) is 7.60. The molecule has 0 fully saturated rings. The Balaban J connectivity index is 2.10. The molecule has 138 valence electrons. The van der Waals surface area contributed by atoms with E-state index in [4.69, 9.17) is 4.74 Å². The van der Waals surface area contributed by atoms with Crippen molar-refractivity contribution in [1.82, 2.24) is 0 Å². The highest BCUT2D eigenvalue weighted by atomic mass is 16.5. The first-order valence-electron chi connectivity index (χ1n) is 8.78. The van der Waals surface area contributed by atoms with Crippen molar-refractivity contribution in [3.05, 3.63) is 29.8 Å². The van der Waals surface area contributed by atoms with Crippen LogP contribution in [0.4, 0.5) is 5.69 Å². The molecule has 2 aromatic carbocycles. The topological polar surface area (TPSA) is 71.2 Å². The normalized spacial score (nSPS) is 16.5. The fourth-order valence-electron chi connectivity index (χ4n) is 3.17. The number of aromatic hydroxyl groups is 1. The van der Waals surface area contributed by atoms with Gasteiger partial charge in [0.2, 0.25) is 0 Å². The van der Waals surface area contributed by atoms with Crippen molar-refractivity contribution in [2.75, 3.05) is 27.7 Å². The van der Waals surface area contributed by atoms with Gasteiger partial charge in [0.05, 0.1) is 21.1 Å². The molecule has 26 heavy (non-hydrogen) atoms. The van der Waals surface area contributed by atoms with Crippen LogP contribution in [-0.2, 0) is 11.2 Å². The Morgan fingerprint density at radius 2 is 1.88 bits per heavy atom. The van der Waals surface area contributed by atoms with Gasteiger partial charge in [-0.25, -0.2) is 0 Å². The molecule has 1 aliphatic rings. The number of benzene rings is 2. The maximum Gasteiger partial charge on any atom is 0.319 e. The van der Waals surface area contributed by atoms with Crippen LogP contribution < -0.4 is 4.74 Å². The minimum absolute atomic E-state index is 0.0519. The fraction of sp³-hybridized carbons (Fsp3) is 0.450. The number of azo groups is 1. The number of likely N-dealkylation sites (N-methyl/N-ethyl adjacent to an activating group) is 1. The lowest BCUT2D eigenvalue weighted by Gasteiger charge is -2.34. The second-order valence-electron chi connectivity index (χ2n) is 8.45. The first-order valence-corrected chi connectivity index (χ1v) is 8.78. The fourth-order valence-corrected chi connectivity index (χ4v) is 3.17. The summed E-state index contributed by atoms with van der Waals surface area (Å²) in [5.74, 6) is 0.429. The van der Waals surface area contributed by atoms with Gasteiger partial charge in [-0.05, 0) is 26.7 Å². The zero-order valence-corrected chi connectivity index (χ0v) is 16.0. The first-order chi connectivity index (χ1) is 12.1. The second kappa shape index (κ2) is 6.36. The van der Waals surface area contributed by atoms with Crippen LogP contribution in [0.25, 0.3) is 10.8 Å². The van der Waals surface area contributed by atoms with Crippen LogP contribution in [0, 0.1) is 0 Å². The highest BCUT2D eigenvalue weighted by Crippen LogP contribution is 2.49. The maximum atomic E-state index is 12.1. The number of amides is 1. The molecule has 0 atom stereocenters. The molecule has 0 spiro atoms. The quantitative estimate of drug-likeness (QED) is 0.668. The lowest BCUT2D eigenvalue weighted by molar-refractivity contribution is -0.862. The summed E-state index contributed by atoms with van der Waals surface area (Å²) in [7, 11) is 5.74. The van der Waals surface area contributed by atoms with E-state index in [-0.39, 0.29) is 23.8 Å². The molecular formula is C20H26N3O3+. The molecule has 0 aliphatic carbocycles. The minimum atomic E-state index is -0.323. The predicted molar refractivity (Wildman–Crippen MR) is 101 cm³/mol. The van der Waals surface area contributed by atoms with Crippen LogP contribution in [0.15, 0.2) is 34.5 Å². The summed E-state index contributed by atoms with van der Waals surface area (Å²) in [5, 5.41) is 20.4. The number of quaternary nitrogens is 1. The molecule has 0 aromatic heterocycles. The van der Waals surface area contributed by atoms with Crippen molar-refractivity contribution in [3.8, 4) is 11.5 Å². The van der Waals surface area contributed by atoms with Crippen molar-refractivity contribution < 1.29 is 19.1 Å². The molecule has 1 N–H and O–H groups in total. The van der Waals surface area contributed by atoms with E-state index in [0.717, 1.165) is 22.8 Å². The molecule has 6 nitrogen and oxygen atoms in total. The van der Waals surface area contributed by atoms with E-state index in [1.165, 1.54) is 0 Å². The molecule has 0 unspecified atom stereocenters. The van der Waals surface area contributed by atoms with Gasteiger partial charge in [-0.2, -0.15) is 0 Å². The number of rotatable bonds is 3. The Labute approximate surface area is 153 Å². The monoisotopic (exact) mass is 356 g/mol. The van der Waals surface area contributed by atoms with Crippen LogP contribution in [0.2, 0.25) is 0 Å². The van der Waals surface area contributed by atoms with E-state index < -0.39 is 0 Å². The van der Waals surface area contributed by atoms with Gasteiger partial charge in [0.1, 0.15) is 17.0 Å². The van der Waals surface area contributed by atoms with E-state index in [1.807, 2.05) is 59.3 Å². The average Bonchev–Trinajstić information content (AvgIpc) is 2.52. The van der Waals surface area contributed by atoms with Crippen molar-refractivity contribution in [2.45, 2.75) is 32.3 Å². The second-order valence-corrected chi connectivity index (χ2v) is 8.45. The van der Waals surface area contributed by atoms with Gasteiger partial charge in [-0.15, -0.1) is 10.2 Å². The third-order valence-electron chi connectivity index (χ3n) is 4.44. The summed E-state index contributed by atoms with van der Waals surface area (Å²) in [4.78, 5) is 12.1. The van der Waals surface area contributed by atoms with Gasteiger partial charge in [0.15, 0.2) is 12.3 Å². The molecular weight excluding hydrogens is 330 g/mol. The molecule has 2 aromatic rings. The number of hydrogen-bond acceptors (Lipinski definition) is 4. The van der Waals surface area contributed by atoms with Gasteiger partial charge in [0, 0.05) is 16.3 Å². The maximum absolute atomic E-state index is 12.1. The number of hydrogen-bond donors (Lipinski definition) is 1. The molecule has 1 amide bonds.